The van der Waals surface area contributed by atoms with Crippen LogP contribution in [0.4, 0.5) is 0 Å². The highest BCUT2D eigenvalue weighted by molar-refractivity contribution is 7.89. The summed E-state index contributed by atoms with van der Waals surface area (Å²) in [6.45, 7) is 1.51. The van der Waals surface area contributed by atoms with E-state index < -0.39 is 10.0 Å². The van der Waals surface area contributed by atoms with E-state index >= 15 is 0 Å². The first-order valence-corrected chi connectivity index (χ1v) is 10.5. The van der Waals surface area contributed by atoms with E-state index in [0.29, 0.717) is 48.7 Å². The van der Waals surface area contributed by atoms with Crippen molar-refractivity contribution in [2.45, 2.75) is 4.90 Å². The highest BCUT2D eigenvalue weighted by Crippen LogP contribution is 2.33. The molecule has 0 atom stereocenters. The van der Waals surface area contributed by atoms with E-state index in [1.54, 1.807) is 12.1 Å². The van der Waals surface area contributed by atoms with Gasteiger partial charge in [-0.3, -0.25) is 0 Å². The number of para-hydroxylation sites is 1. The molecule has 1 fully saturated rings. The minimum absolute atomic E-state index is 0.211. The van der Waals surface area contributed by atoms with E-state index in [2.05, 4.69) is 9.97 Å². The van der Waals surface area contributed by atoms with Gasteiger partial charge in [0.25, 0.3) is 5.88 Å². The van der Waals surface area contributed by atoms with E-state index in [9.17, 15) is 8.42 Å². The summed E-state index contributed by atoms with van der Waals surface area (Å²) < 4.78 is 43.8. The Kier molecular flexibility index (Phi) is 4.42. The molecule has 0 bridgehead atoms. The summed E-state index contributed by atoms with van der Waals surface area (Å²) in [6.07, 6.45) is 1.41. The lowest BCUT2D eigenvalue weighted by atomic mass is 10.2. The third kappa shape index (κ3) is 3.23. The van der Waals surface area contributed by atoms with Crippen LogP contribution in [0.1, 0.15) is 0 Å². The first-order chi connectivity index (χ1) is 14.1. The van der Waals surface area contributed by atoms with E-state index in [0.717, 1.165) is 5.39 Å². The van der Waals surface area contributed by atoms with Gasteiger partial charge in [0.1, 0.15) is 23.2 Å². The van der Waals surface area contributed by atoms with Crippen molar-refractivity contribution in [2.75, 3.05) is 26.3 Å². The molecule has 4 aromatic rings. The summed E-state index contributed by atoms with van der Waals surface area (Å²) in [5, 5.41) is 0.877. The maximum atomic E-state index is 12.7. The minimum atomic E-state index is -3.55. The highest BCUT2D eigenvalue weighted by atomic mass is 32.2. The number of furan rings is 1. The summed E-state index contributed by atoms with van der Waals surface area (Å²) in [4.78, 5) is 8.68. The van der Waals surface area contributed by atoms with Crippen molar-refractivity contribution in [2.24, 2.45) is 0 Å². The monoisotopic (exact) mass is 411 g/mol. The zero-order chi connectivity index (χ0) is 19.8. The second-order valence-electron chi connectivity index (χ2n) is 6.54. The molecule has 1 aliphatic rings. The average Bonchev–Trinajstić information content (AvgIpc) is 3.15. The van der Waals surface area contributed by atoms with Crippen LogP contribution in [0, 0.1) is 0 Å². The van der Waals surface area contributed by atoms with Crippen LogP contribution in [0.25, 0.3) is 22.1 Å². The molecule has 0 saturated carbocycles. The van der Waals surface area contributed by atoms with Crippen molar-refractivity contribution in [3.63, 3.8) is 0 Å². The fourth-order valence-corrected chi connectivity index (χ4v) is 4.71. The van der Waals surface area contributed by atoms with Crippen LogP contribution >= 0.6 is 0 Å². The van der Waals surface area contributed by atoms with Crippen molar-refractivity contribution in [3.05, 3.63) is 54.9 Å². The minimum Gasteiger partial charge on any atom is -0.449 e. The summed E-state index contributed by atoms with van der Waals surface area (Å²) in [5.74, 6) is 0.723. The second-order valence-corrected chi connectivity index (χ2v) is 8.48. The molecular formula is C20H17N3O5S. The lowest BCUT2D eigenvalue weighted by Crippen LogP contribution is -2.40. The Hall–Kier alpha value is -3.01. The Morgan fingerprint density at radius 3 is 2.52 bits per heavy atom. The number of hydrogen-bond acceptors (Lipinski definition) is 7. The van der Waals surface area contributed by atoms with Crippen LogP contribution in [0.5, 0.6) is 11.6 Å². The number of morpholine rings is 1. The topological polar surface area (TPSA) is 94.8 Å². The van der Waals surface area contributed by atoms with E-state index in [-0.39, 0.29) is 10.8 Å². The normalized spacial score (nSPS) is 15.7. The Bertz CT molecular complexity index is 1280. The SMILES string of the molecule is O=S(=O)(c1ccc(Oc2ncnc3c2oc2ccccc23)cc1)N1CCOCC1. The first kappa shape index (κ1) is 18.0. The zero-order valence-corrected chi connectivity index (χ0v) is 16.1. The molecule has 0 spiro atoms. The third-order valence-electron chi connectivity index (χ3n) is 4.77. The molecule has 8 nitrogen and oxygen atoms in total. The maximum Gasteiger partial charge on any atom is 0.267 e. The summed E-state index contributed by atoms with van der Waals surface area (Å²) >= 11 is 0. The van der Waals surface area contributed by atoms with Crippen LogP contribution in [-0.4, -0.2) is 49.0 Å². The van der Waals surface area contributed by atoms with Crippen LogP contribution in [0.3, 0.4) is 0 Å². The van der Waals surface area contributed by atoms with Crippen molar-refractivity contribution >= 4 is 32.1 Å². The molecule has 0 amide bonds. The largest absolute Gasteiger partial charge is 0.449 e. The molecule has 148 valence electrons. The maximum absolute atomic E-state index is 12.7. The predicted octanol–water partition coefficient (Wildman–Crippen LogP) is 3.19. The van der Waals surface area contributed by atoms with Gasteiger partial charge >= 0.3 is 0 Å². The van der Waals surface area contributed by atoms with Crippen LogP contribution in [0.15, 0.2) is 64.2 Å². The van der Waals surface area contributed by atoms with Gasteiger partial charge in [-0.05, 0) is 36.4 Å². The lowest BCUT2D eigenvalue weighted by molar-refractivity contribution is 0.0730. The van der Waals surface area contributed by atoms with Gasteiger partial charge in [-0.15, -0.1) is 0 Å². The molecule has 1 saturated heterocycles. The van der Waals surface area contributed by atoms with Crippen LogP contribution in [-0.2, 0) is 14.8 Å². The molecular weight excluding hydrogens is 394 g/mol. The molecule has 0 radical (unpaired) electrons. The summed E-state index contributed by atoms with van der Waals surface area (Å²) in [7, 11) is -3.55. The molecule has 9 heteroatoms. The number of nitrogens with zero attached hydrogens (tertiary/aromatic N) is 3. The zero-order valence-electron chi connectivity index (χ0n) is 15.3. The second kappa shape index (κ2) is 7.11. The fourth-order valence-electron chi connectivity index (χ4n) is 3.30. The van der Waals surface area contributed by atoms with Crippen molar-refractivity contribution < 1.29 is 22.3 Å². The Balaban J connectivity index is 1.44. The van der Waals surface area contributed by atoms with Gasteiger partial charge in [0.2, 0.25) is 15.6 Å². The van der Waals surface area contributed by atoms with Gasteiger partial charge in [-0.2, -0.15) is 9.29 Å². The molecule has 2 aromatic carbocycles. The number of hydrogen-bond donors (Lipinski definition) is 0. The van der Waals surface area contributed by atoms with Crippen molar-refractivity contribution in [3.8, 4) is 11.6 Å². The van der Waals surface area contributed by atoms with Gasteiger partial charge in [0.05, 0.1) is 18.1 Å². The number of benzene rings is 2. The van der Waals surface area contributed by atoms with Crippen LogP contribution < -0.4 is 4.74 Å². The van der Waals surface area contributed by atoms with Crippen molar-refractivity contribution in [1.82, 2.24) is 14.3 Å². The van der Waals surface area contributed by atoms with Gasteiger partial charge in [-0.25, -0.2) is 13.4 Å². The Labute approximate surface area is 166 Å². The lowest BCUT2D eigenvalue weighted by Gasteiger charge is -2.26. The van der Waals surface area contributed by atoms with Crippen LogP contribution in [0.2, 0.25) is 0 Å². The molecule has 1 aliphatic heterocycles. The highest BCUT2D eigenvalue weighted by Gasteiger charge is 2.26. The molecule has 0 aliphatic carbocycles. The van der Waals surface area contributed by atoms with E-state index in [4.69, 9.17) is 13.9 Å². The molecule has 3 heterocycles. The van der Waals surface area contributed by atoms with Gasteiger partial charge in [-0.1, -0.05) is 12.1 Å². The molecule has 0 N–H and O–H groups in total. The number of rotatable bonds is 4. The molecule has 5 rings (SSSR count). The standard InChI is InChI=1S/C20H17N3O5S/c24-29(25,23-9-11-26-12-10-23)15-7-5-14(6-8-15)27-20-19-18(21-13-22-20)16-3-1-2-4-17(16)28-19/h1-8,13H,9-12H2. The van der Waals surface area contributed by atoms with Crippen molar-refractivity contribution in [1.29, 1.82) is 0 Å². The number of fused-ring (bicyclic) bond motifs is 3. The fraction of sp³-hybridized carbons (Fsp3) is 0.200. The number of sulfonamides is 1. The summed E-state index contributed by atoms with van der Waals surface area (Å²) in [5.41, 5.74) is 1.80. The summed E-state index contributed by atoms with van der Waals surface area (Å²) in [6, 6.07) is 13.8. The van der Waals surface area contributed by atoms with Gasteiger partial charge < -0.3 is 13.9 Å². The average molecular weight is 411 g/mol. The predicted molar refractivity (Wildman–Crippen MR) is 105 cm³/mol. The first-order valence-electron chi connectivity index (χ1n) is 9.11. The molecule has 29 heavy (non-hydrogen) atoms. The smallest absolute Gasteiger partial charge is 0.267 e. The third-order valence-corrected chi connectivity index (χ3v) is 6.68. The Morgan fingerprint density at radius 1 is 0.966 bits per heavy atom. The Morgan fingerprint density at radius 2 is 1.72 bits per heavy atom. The number of aromatic nitrogens is 2. The quantitative estimate of drug-likeness (QED) is 0.509. The van der Waals surface area contributed by atoms with E-state index in [1.165, 1.54) is 22.8 Å². The number of ether oxygens (including phenoxy) is 2. The van der Waals surface area contributed by atoms with Gasteiger partial charge in [0, 0.05) is 18.5 Å². The molecule has 2 aromatic heterocycles. The van der Waals surface area contributed by atoms with Gasteiger partial charge in [0.15, 0.2) is 0 Å². The van der Waals surface area contributed by atoms with E-state index in [1.807, 2.05) is 24.3 Å². The molecule has 0 unspecified atom stereocenters.